The van der Waals surface area contributed by atoms with Crippen LogP contribution in [0.2, 0.25) is 0 Å². The van der Waals surface area contributed by atoms with Gasteiger partial charge in [0.25, 0.3) is 0 Å². The zero-order chi connectivity index (χ0) is 18.5. The molecule has 0 spiro atoms. The number of aliphatic hydroxyl groups is 1. The third-order valence-electron chi connectivity index (χ3n) is 3.88. The van der Waals surface area contributed by atoms with Crippen LogP contribution in [-0.2, 0) is 0 Å². The lowest BCUT2D eigenvalue weighted by atomic mass is 10.1. The molecule has 2 aromatic carbocycles. The number of aliphatic hydroxyl groups excluding tert-OH is 1. The normalized spacial score (nSPS) is 11.8. The molecule has 0 unspecified atom stereocenters. The van der Waals surface area contributed by atoms with Crippen LogP contribution in [0.5, 0.6) is 0 Å². The van der Waals surface area contributed by atoms with Crippen molar-refractivity contribution < 1.29 is 9.50 Å². The number of halogens is 1. The van der Waals surface area contributed by atoms with Crippen LogP contribution >= 0.6 is 0 Å². The van der Waals surface area contributed by atoms with Crippen molar-refractivity contribution in [1.82, 2.24) is 9.97 Å². The highest BCUT2D eigenvalue weighted by Crippen LogP contribution is 2.24. The second-order valence-electron chi connectivity index (χ2n) is 6.14. The smallest absolute Gasteiger partial charge is 0.225 e. The molecule has 134 valence electrons. The van der Waals surface area contributed by atoms with Crippen molar-refractivity contribution in [1.29, 1.82) is 0 Å². The molecular weight excluding hydrogens is 331 g/mol. The van der Waals surface area contributed by atoms with Gasteiger partial charge in [0, 0.05) is 23.4 Å². The van der Waals surface area contributed by atoms with Crippen LogP contribution in [0.4, 0.5) is 21.8 Å². The molecule has 0 aliphatic rings. The number of rotatable bonds is 6. The molecule has 3 N–H and O–H groups in total. The molecule has 0 aliphatic heterocycles. The fourth-order valence-corrected chi connectivity index (χ4v) is 2.47. The Bertz CT molecular complexity index is 886. The standard InChI is InChI=1S/C20H21FN4O/c1-13-10-16(8-9-17(13)21)23-19-11-18(15-6-4-3-5-7-15)24-20(25-19)22-14(2)12-26/h3-11,14,26H,12H2,1-2H3,(H2,22,23,24,25)/t14-/m0/s1. The van der Waals surface area contributed by atoms with Crippen LogP contribution in [0.1, 0.15) is 12.5 Å². The summed E-state index contributed by atoms with van der Waals surface area (Å²) in [5.41, 5.74) is 2.99. The molecule has 3 rings (SSSR count). The van der Waals surface area contributed by atoms with E-state index in [0.717, 1.165) is 16.9 Å². The van der Waals surface area contributed by atoms with Gasteiger partial charge in [-0.2, -0.15) is 4.98 Å². The maximum Gasteiger partial charge on any atom is 0.225 e. The van der Waals surface area contributed by atoms with Gasteiger partial charge in [-0.05, 0) is 37.6 Å². The molecule has 5 nitrogen and oxygen atoms in total. The molecular formula is C20H21FN4O. The fourth-order valence-electron chi connectivity index (χ4n) is 2.47. The topological polar surface area (TPSA) is 70.1 Å². The van der Waals surface area contributed by atoms with Crippen molar-refractivity contribution >= 4 is 17.5 Å². The number of aromatic nitrogens is 2. The van der Waals surface area contributed by atoms with Gasteiger partial charge in [0.1, 0.15) is 11.6 Å². The molecule has 1 atom stereocenters. The summed E-state index contributed by atoms with van der Waals surface area (Å²) in [7, 11) is 0. The summed E-state index contributed by atoms with van der Waals surface area (Å²) in [5, 5.41) is 15.5. The summed E-state index contributed by atoms with van der Waals surface area (Å²) in [4.78, 5) is 8.99. The van der Waals surface area contributed by atoms with Crippen molar-refractivity contribution in [2.75, 3.05) is 17.2 Å². The summed E-state index contributed by atoms with van der Waals surface area (Å²) in [5.74, 6) is 0.745. The van der Waals surface area contributed by atoms with E-state index in [4.69, 9.17) is 0 Å². The molecule has 0 fully saturated rings. The highest BCUT2D eigenvalue weighted by atomic mass is 19.1. The number of anilines is 3. The Kier molecular flexibility index (Phi) is 5.43. The average molecular weight is 352 g/mol. The van der Waals surface area contributed by atoms with Gasteiger partial charge in [-0.15, -0.1) is 0 Å². The van der Waals surface area contributed by atoms with E-state index in [9.17, 15) is 9.50 Å². The summed E-state index contributed by atoms with van der Waals surface area (Å²) in [6, 6.07) is 16.2. The van der Waals surface area contributed by atoms with Gasteiger partial charge in [0.15, 0.2) is 0 Å². The van der Waals surface area contributed by atoms with Crippen LogP contribution < -0.4 is 10.6 Å². The lowest BCUT2D eigenvalue weighted by Gasteiger charge is -2.14. The number of nitrogens with one attached hydrogen (secondary N) is 2. The second-order valence-corrected chi connectivity index (χ2v) is 6.14. The van der Waals surface area contributed by atoms with Gasteiger partial charge < -0.3 is 15.7 Å². The van der Waals surface area contributed by atoms with Gasteiger partial charge >= 0.3 is 0 Å². The zero-order valence-corrected chi connectivity index (χ0v) is 14.7. The minimum Gasteiger partial charge on any atom is -0.394 e. The number of nitrogens with zero attached hydrogens (tertiary/aromatic N) is 2. The Hall–Kier alpha value is -2.99. The first kappa shape index (κ1) is 17.8. The second kappa shape index (κ2) is 7.93. The summed E-state index contributed by atoms with van der Waals surface area (Å²) in [6.45, 7) is 3.53. The predicted molar refractivity (Wildman–Crippen MR) is 102 cm³/mol. The van der Waals surface area contributed by atoms with E-state index >= 15 is 0 Å². The van der Waals surface area contributed by atoms with Crippen molar-refractivity contribution in [2.45, 2.75) is 19.9 Å². The quantitative estimate of drug-likeness (QED) is 0.622. The Balaban J connectivity index is 1.97. The molecule has 0 bridgehead atoms. The minimum absolute atomic E-state index is 0.0289. The Morgan fingerprint density at radius 3 is 2.54 bits per heavy atom. The number of hydrogen-bond acceptors (Lipinski definition) is 5. The summed E-state index contributed by atoms with van der Waals surface area (Å²) >= 11 is 0. The molecule has 0 radical (unpaired) electrons. The number of benzene rings is 2. The Labute approximate surface area is 152 Å². The largest absolute Gasteiger partial charge is 0.394 e. The van der Waals surface area contributed by atoms with Crippen molar-refractivity contribution in [3.63, 3.8) is 0 Å². The van der Waals surface area contributed by atoms with Crippen LogP contribution in [0.15, 0.2) is 54.6 Å². The molecule has 0 amide bonds. The van der Waals surface area contributed by atoms with Crippen LogP contribution in [0.25, 0.3) is 11.3 Å². The predicted octanol–water partition coefficient (Wildman–Crippen LogP) is 4.13. The van der Waals surface area contributed by atoms with E-state index in [0.29, 0.717) is 17.3 Å². The highest BCUT2D eigenvalue weighted by Gasteiger charge is 2.10. The zero-order valence-electron chi connectivity index (χ0n) is 14.7. The van der Waals surface area contributed by atoms with E-state index < -0.39 is 0 Å². The highest BCUT2D eigenvalue weighted by molar-refractivity contribution is 5.67. The molecule has 0 aliphatic carbocycles. The maximum absolute atomic E-state index is 13.5. The van der Waals surface area contributed by atoms with E-state index in [1.807, 2.05) is 43.3 Å². The average Bonchev–Trinajstić information content (AvgIpc) is 2.65. The summed E-state index contributed by atoms with van der Waals surface area (Å²) < 4.78 is 13.5. The van der Waals surface area contributed by atoms with E-state index in [2.05, 4.69) is 20.6 Å². The van der Waals surface area contributed by atoms with E-state index in [1.165, 1.54) is 6.07 Å². The SMILES string of the molecule is Cc1cc(Nc2cc(-c3ccccc3)nc(N[C@@H](C)CO)n2)ccc1F. The first-order valence-corrected chi connectivity index (χ1v) is 8.40. The van der Waals surface area contributed by atoms with Gasteiger partial charge in [-0.3, -0.25) is 0 Å². The van der Waals surface area contributed by atoms with Crippen molar-refractivity contribution in [2.24, 2.45) is 0 Å². The third kappa shape index (κ3) is 4.34. The fraction of sp³-hybridized carbons (Fsp3) is 0.200. The van der Waals surface area contributed by atoms with Gasteiger partial charge in [0.2, 0.25) is 5.95 Å². The van der Waals surface area contributed by atoms with Crippen LogP contribution in [-0.4, -0.2) is 27.7 Å². The van der Waals surface area contributed by atoms with Gasteiger partial charge in [-0.25, -0.2) is 9.37 Å². The van der Waals surface area contributed by atoms with Crippen molar-refractivity contribution in [3.8, 4) is 11.3 Å². The monoisotopic (exact) mass is 352 g/mol. The molecule has 0 saturated carbocycles. The van der Waals surface area contributed by atoms with Crippen LogP contribution in [0.3, 0.4) is 0 Å². The minimum atomic E-state index is -0.248. The Morgan fingerprint density at radius 1 is 1.08 bits per heavy atom. The van der Waals surface area contributed by atoms with E-state index in [-0.39, 0.29) is 18.5 Å². The number of hydrogen-bond donors (Lipinski definition) is 3. The first-order chi connectivity index (χ1) is 12.5. The lowest BCUT2D eigenvalue weighted by Crippen LogP contribution is -2.21. The molecule has 1 aromatic heterocycles. The number of aryl methyl sites for hydroxylation is 1. The Morgan fingerprint density at radius 2 is 1.85 bits per heavy atom. The molecule has 26 heavy (non-hydrogen) atoms. The molecule has 3 aromatic rings. The van der Waals surface area contributed by atoms with Crippen LogP contribution in [0, 0.1) is 12.7 Å². The lowest BCUT2D eigenvalue weighted by molar-refractivity contribution is 0.281. The molecule has 0 saturated heterocycles. The maximum atomic E-state index is 13.5. The van der Waals surface area contributed by atoms with Gasteiger partial charge in [-0.1, -0.05) is 30.3 Å². The summed E-state index contributed by atoms with van der Waals surface area (Å²) in [6.07, 6.45) is 0. The third-order valence-corrected chi connectivity index (χ3v) is 3.88. The van der Waals surface area contributed by atoms with Gasteiger partial charge in [0.05, 0.1) is 12.3 Å². The molecule has 6 heteroatoms. The molecule has 1 heterocycles. The van der Waals surface area contributed by atoms with E-state index in [1.54, 1.807) is 19.1 Å². The first-order valence-electron chi connectivity index (χ1n) is 8.40. The van der Waals surface area contributed by atoms with Crippen molar-refractivity contribution in [3.05, 3.63) is 66.0 Å².